The van der Waals surface area contributed by atoms with Crippen LogP contribution in [0.3, 0.4) is 0 Å². The second-order valence-corrected chi connectivity index (χ2v) is 8.58. The fourth-order valence-corrected chi connectivity index (χ4v) is 5.12. The van der Waals surface area contributed by atoms with Crippen LogP contribution in [0.1, 0.15) is 5.82 Å². The Labute approximate surface area is 183 Å². The second kappa shape index (κ2) is 7.75. The molecule has 0 N–H and O–H groups in total. The first-order valence-electron chi connectivity index (χ1n) is 9.32. The summed E-state index contributed by atoms with van der Waals surface area (Å²) in [5.74, 6) is 1.68. The van der Waals surface area contributed by atoms with Crippen molar-refractivity contribution in [3.05, 3.63) is 70.4 Å². The Balaban J connectivity index is 1.54. The van der Waals surface area contributed by atoms with E-state index in [0.717, 1.165) is 5.52 Å². The van der Waals surface area contributed by atoms with Crippen molar-refractivity contribution in [2.75, 3.05) is 0 Å². The van der Waals surface area contributed by atoms with Crippen LogP contribution in [0, 0.1) is 5.82 Å². The highest BCUT2D eigenvalue weighted by Crippen LogP contribution is 2.28. The van der Waals surface area contributed by atoms with Gasteiger partial charge in [-0.3, -0.25) is 18.3 Å². The molecule has 8 nitrogen and oxygen atoms in total. The Morgan fingerprint density at radius 1 is 1.19 bits per heavy atom. The summed E-state index contributed by atoms with van der Waals surface area (Å²) in [6.07, 6.45) is 1.72. The minimum atomic E-state index is -0.360. The number of thioether (sulfide) groups is 1. The summed E-state index contributed by atoms with van der Waals surface area (Å²) in [7, 11) is 1.68. The number of rotatable bonds is 6. The first kappa shape index (κ1) is 19.6. The molecule has 156 valence electrons. The highest BCUT2D eigenvalue weighted by molar-refractivity contribution is 7.98. The number of aryl methyl sites for hydroxylation is 1. The Kier molecular flexibility index (Phi) is 4.91. The molecule has 5 aromatic rings. The van der Waals surface area contributed by atoms with Crippen molar-refractivity contribution in [1.82, 2.24) is 33.9 Å². The molecule has 0 aliphatic heterocycles. The van der Waals surface area contributed by atoms with Crippen molar-refractivity contribution in [3.8, 4) is 11.4 Å². The van der Waals surface area contributed by atoms with Gasteiger partial charge in [0.1, 0.15) is 16.3 Å². The zero-order valence-corrected chi connectivity index (χ0v) is 18.0. The molecule has 0 aliphatic rings. The Bertz CT molecular complexity index is 1500. The molecule has 0 saturated carbocycles. The van der Waals surface area contributed by atoms with Crippen molar-refractivity contribution >= 4 is 39.1 Å². The van der Waals surface area contributed by atoms with Gasteiger partial charge in [0.2, 0.25) is 5.78 Å². The molecule has 5 rings (SSSR count). The molecule has 4 heterocycles. The third kappa shape index (κ3) is 3.17. The maximum absolute atomic E-state index is 14.3. The normalized spacial score (nSPS) is 11.5. The van der Waals surface area contributed by atoms with E-state index >= 15 is 0 Å². The van der Waals surface area contributed by atoms with Crippen LogP contribution in [0.25, 0.3) is 27.4 Å². The lowest BCUT2D eigenvalue weighted by atomic mass is 10.2. The molecule has 0 unspecified atom stereocenters. The van der Waals surface area contributed by atoms with Crippen LogP contribution in [0.2, 0.25) is 0 Å². The molecule has 0 bridgehead atoms. The molecule has 4 aromatic heterocycles. The van der Waals surface area contributed by atoms with Gasteiger partial charge >= 0.3 is 0 Å². The number of thiophene rings is 1. The smallest absolute Gasteiger partial charge is 0.272 e. The van der Waals surface area contributed by atoms with Crippen molar-refractivity contribution < 1.29 is 4.39 Å². The summed E-state index contributed by atoms with van der Waals surface area (Å²) in [5, 5.41) is 19.5. The highest BCUT2D eigenvalue weighted by atomic mass is 32.2. The predicted octanol–water partition coefficient (Wildman–Crippen LogP) is 3.52. The van der Waals surface area contributed by atoms with Crippen LogP contribution in [0.15, 0.2) is 58.3 Å². The molecule has 0 aliphatic carbocycles. The standard InChI is InChI=1S/C20H16FN7OS2/c1-3-9-27-17(12-6-4-5-7-13(12)21)23-25-20(27)31-11-15-22-24-19-26(2)18(29)16-14(28(15)19)8-10-30-16/h3-8,10H,1,9,11H2,2H3. The lowest BCUT2D eigenvalue weighted by Crippen LogP contribution is -2.19. The fourth-order valence-electron chi connectivity index (χ4n) is 3.41. The summed E-state index contributed by atoms with van der Waals surface area (Å²) in [6, 6.07) is 8.36. The molecule has 1 aromatic carbocycles. The lowest BCUT2D eigenvalue weighted by molar-refractivity contribution is 0.626. The van der Waals surface area contributed by atoms with Gasteiger partial charge in [0.05, 0.1) is 16.8 Å². The fraction of sp³-hybridized carbons (Fsp3) is 0.150. The Hall–Kier alpha value is -3.31. The van der Waals surface area contributed by atoms with E-state index in [1.165, 1.54) is 33.7 Å². The average molecular weight is 454 g/mol. The number of hydrogen-bond donors (Lipinski definition) is 0. The number of aromatic nitrogens is 7. The van der Waals surface area contributed by atoms with Gasteiger partial charge in [-0.25, -0.2) is 4.39 Å². The van der Waals surface area contributed by atoms with Crippen LogP contribution in [-0.2, 0) is 19.3 Å². The van der Waals surface area contributed by atoms with E-state index in [4.69, 9.17) is 0 Å². The summed E-state index contributed by atoms with van der Waals surface area (Å²) in [5.41, 5.74) is 1.07. The van der Waals surface area contributed by atoms with Gasteiger partial charge in [-0.05, 0) is 23.6 Å². The SMILES string of the molecule is C=CCn1c(SCc2nnc3n(C)c(=O)c4sccc4n23)nnc1-c1ccccc1F. The largest absolute Gasteiger partial charge is 0.298 e. The van der Waals surface area contributed by atoms with Gasteiger partial charge in [-0.15, -0.1) is 38.3 Å². The number of nitrogens with zero attached hydrogens (tertiary/aromatic N) is 7. The predicted molar refractivity (Wildman–Crippen MR) is 119 cm³/mol. The monoisotopic (exact) mass is 453 g/mol. The summed E-state index contributed by atoms with van der Waals surface area (Å²) < 4.78 is 20.2. The first-order chi connectivity index (χ1) is 15.1. The van der Waals surface area contributed by atoms with E-state index in [0.29, 0.717) is 45.1 Å². The van der Waals surface area contributed by atoms with Gasteiger partial charge < -0.3 is 0 Å². The van der Waals surface area contributed by atoms with E-state index < -0.39 is 0 Å². The third-order valence-electron chi connectivity index (χ3n) is 4.87. The molecule has 0 amide bonds. The Morgan fingerprint density at radius 2 is 2.03 bits per heavy atom. The molecule has 31 heavy (non-hydrogen) atoms. The zero-order valence-electron chi connectivity index (χ0n) is 16.4. The summed E-state index contributed by atoms with van der Waals surface area (Å²) in [4.78, 5) is 12.5. The van der Waals surface area contributed by atoms with E-state index in [1.54, 1.807) is 31.3 Å². The van der Waals surface area contributed by atoms with E-state index in [9.17, 15) is 9.18 Å². The number of halogens is 1. The van der Waals surface area contributed by atoms with Crippen molar-refractivity contribution in [2.24, 2.45) is 7.05 Å². The number of fused-ring (bicyclic) bond motifs is 3. The van der Waals surface area contributed by atoms with E-state index in [1.807, 2.05) is 20.4 Å². The van der Waals surface area contributed by atoms with Gasteiger partial charge in [-0.2, -0.15) is 0 Å². The molecular weight excluding hydrogens is 437 g/mol. The van der Waals surface area contributed by atoms with Crippen LogP contribution in [-0.4, -0.2) is 33.9 Å². The van der Waals surface area contributed by atoms with Gasteiger partial charge in [0.25, 0.3) is 5.56 Å². The van der Waals surface area contributed by atoms with Crippen LogP contribution < -0.4 is 5.56 Å². The molecule has 0 saturated heterocycles. The van der Waals surface area contributed by atoms with Crippen LogP contribution in [0.4, 0.5) is 4.39 Å². The maximum atomic E-state index is 14.3. The van der Waals surface area contributed by atoms with Crippen LogP contribution in [0.5, 0.6) is 0 Å². The number of allylic oxidation sites excluding steroid dienone is 1. The summed E-state index contributed by atoms with van der Waals surface area (Å²) in [6.45, 7) is 4.23. The van der Waals surface area contributed by atoms with Crippen molar-refractivity contribution in [1.29, 1.82) is 0 Å². The van der Waals surface area contributed by atoms with Crippen molar-refractivity contribution in [2.45, 2.75) is 17.5 Å². The first-order valence-corrected chi connectivity index (χ1v) is 11.2. The minimum absolute atomic E-state index is 0.0932. The molecule has 0 fully saturated rings. The van der Waals surface area contributed by atoms with E-state index in [-0.39, 0.29) is 11.4 Å². The summed E-state index contributed by atoms with van der Waals surface area (Å²) >= 11 is 2.81. The maximum Gasteiger partial charge on any atom is 0.272 e. The lowest BCUT2D eigenvalue weighted by Gasteiger charge is -2.08. The number of benzene rings is 1. The van der Waals surface area contributed by atoms with Crippen molar-refractivity contribution in [3.63, 3.8) is 0 Å². The third-order valence-corrected chi connectivity index (χ3v) is 6.73. The van der Waals surface area contributed by atoms with Gasteiger partial charge in [0, 0.05) is 13.6 Å². The van der Waals surface area contributed by atoms with Gasteiger partial charge in [-0.1, -0.05) is 30.0 Å². The van der Waals surface area contributed by atoms with E-state index in [2.05, 4.69) is 27.0 Å². The van der Waals surface area contributed by atoms with Crippen LogP contribution >= 0.6 is 23.1 Å². The second-order valence-electron chi connectivity index (χ2n) is 6.72. The molecular formula is C20H16FN7OS2. The molecule has 11 heteroatoms. The number of hydrogen-bond acceptors (Lipinski definition) is 7. The minimum Gasteiger partial charge on any atom is -0.298 e. The quantitative estimate of drug-likeness (QED) is 0.289. The molecule has 0 radical (unpaired) electrons. The molecule has 0 atom stereocenters. The molecule has 0 spiro atoms. The highest BCUT2D eigenvalue weighted by Gasteiger charge is 2.19. The van der Waals surface area contributed by atoms with Gasteiger partial charge in [0.15, 0.2) is 11.0 Å². The average Bonchev–Trinajstić information content (AvgIpc) is 3.49. The topological polar surface area (TPSA) is 82.9 Å². The Morgan fingerprint density at radius 3 is 2.84 bits per heavy atom. The zero-order chi connectivity index (χ0) is 21.5.